The molecular weight excluding hydrogens is 236 g/mol. The first-order valence-corrected chi connectivity index (χ1v) is 6.69. The molecule has 1 aromatic heterocycles. The quantitative estimate of drug-likeness (QED) is 0.662. The summed E-state index contributed by atoms with van der Waals surface area (Å²) in [6, 6.07) is 14.7. The van der Waals surface area contributed by atoms with Gasteiger partial charge in [-0.3, -0.25) is 0 Å². The minimum Gasteiger partial charge on any atom is -0.144 e. The molecule has 2 heteroatoms. The number of rotatable bonds is 3. The second kappa shape index (κ2) is 5.03. The molecule has 16 heavy (non-hydrogen) atoms. The number of thiophene rings is 1. The molecule has 84 valence electrons. The maximum atomic E-state index is 6.51. The van der Waals surface area contributed by atoms with Crippen LogP contribution in [-0.4, -0.2) is 0 Å². The Hall–Kier alpha value is -0.790. The van der Waals surface area contributed by atoms with Crippen LogP contribution >= 0.6 is 22.9 Å². The van der Waals surface area contributed by atoms with Crippen LogP contribution in [0.15, 0.2) is 42.5 Å². The smallest absolute Gasteiger partial charge is 0.0744 e. The number of hydrogen-bond acceptors (Lipinski definition) is 1. The van der Waals surface area contributed by atoms with E-state index in [1.165, 1.54) is 15.3 Å². The lowest BCUT2D eigenvalue weighted by molar-refractivity contribution is 0.742. The van der Waals surface area contributed by atoms with Gasteiger partial charge in [0.1, 0.15) is 0 Å². The highest BCUT2D eigenvalue weighted by Gasteiger charge is 2.19. The Morgan fingerprint density at radius 2 is 1.75 bits per heavy atom. The molecule has 2 unspecified atom stereocenters. The van der Waals surface area contributed by atoms with Gasteiger partial charge in [0.05, 0.1) is 5.38 Å². The van der Waals surface area contributed by atoms with E-state index in [-0.39, 0.29) is 5.38 Å². The molecular formula is C14H15ClS. The van der Waals surface area contributed by atoms with Gasteiger partial charge in [-0.25, -0.2) is 0 Å². The topological polar surface area (TPSA) is 0 Å². The fourth-order valence-electron chi connectivity index (χ4n) is 1.77. The van der Waals surface area contributed by atoms with Crippen LogP contribution in [-0.2, 0) is 0 Å². The van der Waals surface area contributed by atoms with Crippen LogP contribution in [0.1, 0.15) is 33.5 Å². The molecule has 2 atom stereocenters. The van der Waals surface area contributed by atoms with E-state index in [2.05, 4.69) is 50.2 Å². The SMILES string of the molecule is Cc1ccc(C(Cl)C(C)c2ccccc2)s1. The average molecular weight is 251 g/mol. The first-order valence-electron chi connectivity index (χ1n) is 5.44. The summed E-state index contributed by atoms with van der Waals surface area (Å²) in [5.41, 5.74) is 1.30. The Balaban J connectivity index is 2.19. The van der Waals surface area contributed by atoms with Gasteiger partial charge >= 0.3 is 0 Å². The molecule has 0 amide bonds. The lowest BCUT2D eigenvalue weighted by Gasteiger charge is -2.17. The van der Waals surface area contributed by atoms with Crippen LogP contribution in [0.3, 0.4) is 0 Å². The lowest BCUT2D eigenvalue weighted by Crippen LogP contribution is -2.00. The summed E-state index contributed by atoms with van der Waals surface area (Å²) in [4.78, 5) is 2.58. The average Bonchev–Trinajstić information content (AvgIpc) is 2.75. The third-order valence-electron chi connectivity index (χ3n) is 2.80. The Labute approximate surface area is 106 Å². The fraction of sp³-hybridized carbons (Fsp3) is 0.286. The number of hydrogen-bond donors (Lipinski definition) is 0. The third-order valence-corrected chi connectivity index (χ3v) is 4.62. The number of benzene rings is 1. The summed E-state index contributed by atoms with van der Waals surface area (Å²) in [5, 5.41) is 0.0705. The molecule has 2 aromatic rings. The monoisotopic (exact) mass is 250 g/mol. The van der Waals surface area contributed by atoms with E-state index in [0.717, 1.165) is 0 Å². The molecule has 0 saturated carbocycles. The second-order valence-electron chi connectivity index (χ2n) is 4.05. The lowest BCUT2D eigenvalue weighted by atomic mass is 9.97. The van der Waals surface area contributed by atoms with Crippen molar-refractivity contribution < 1.29 is 0 Å². The first-order chi connectivity index (χ1) is 7.68. The Kier molecular flexibility index (Phi) is 3.67. The molecule has 0 aliphatic heterocycles. The van der Waals surface area contributed by atoms with Gasteiger partial charge in [-0.15, -0.1) is 22.9 Å². The highest BCUT2D eigenvalue weighted by Crippen LogP contribution is 2.38. The van der Waals surface area contributed by atoms with Crippen LogP contribution < -0.4 is 0 Å². The summed E-state index contributed by atoms with van der Waals surface area (Å²) >= 11 is 8.30. The minimum atomic E-state index is 0.0705. The minimum absolute atomic E-state index is 0.0705. The van der Waals surface area contributed by atoms with Crippen molar-refractivity contribution in [3.8, 4) is 0 Å². The normalized spacial score (nSPS) is 14.7. The molecule has 0 spiro atoms. The highest BCUT2D eigenvalue weighted by atomic mass is 35.5. The number of aryl methyl sites for hydroxylation is 1. The van der Waals surface area contributed by atoms with E-state index < -0.39 is 0 Å². The molecule has 1 aromatic carbocycles. The molecule has 2 rings (SSSR count). The third kappa shape index (κ3) is 2.47. The summed E-state index contributed by atoms with van der Waals surface area (Å²) in [5.74, 6) is 0.348. The maximum Gasteiger partial charge on any atom is 0.0744 e. The first kappa shape index (κ1) is 11.7. The number of halogens is 1. The van der Waals surface area contributed by atoms with Gasteiger partial charge < -0.3 is 0 Å². The Morgan fingerprint density at radius 3 is 2.31 bits per heavy atom. The predicted molar refractivity (Wildman–Crippen MR) is 72.5 cm³/mol. The van der Waals surface area contributed by atoms with Gasteiger partial charge in [0.2, 0.25) is 0 Å². The number of alkyl halides is 1. The van der Waals surface area contributed by atoms with Crippen molar-refractivity contribution in [2.75, 3.05) is 0 Å². The van der Waals surface area contributed by atoms with Crippen LogP contribution in [0.2, 0.25) is 0 Å². The molecule has 0 fully saturated rings. The van der Waals surface area contributed by atoms with E-state index in [1.807, 2.05) is 6.07 Å². The van der Waals surface area contributed by atoms with Crippen molar-refractivity contribution in [2.45, 2.75) is 25.1 Å². The Bertz CT molecular complexity index is 447. The van der Waals surface area contributed by atoms with Gasteiger partial charge in [0, 0.05) is 15.7 Å². The molecule has 1 heterocycles. The molecule has 0 saturated heterocycles. The van der Waals surface area contributed by atoms with Crippen molar-refractivity contribution >= 4 is 22.9 Å². The van der Waals surface area contributed by atoms with Gasteiger partial charge in [-0.2, -0.15) is 0 Å². The van der Waals surface area contributed by atoms with Crippen LogP contribution in [0, 0.1) is 6.92 Å². The van der Waals surface area contributed by atoms with Crippen molar-refractivity contribution in [3.63, 3.8) is 0 Å². The Morgan fingerprint density at radius 1 is 1.06 bits per heavy atom. The molecule has 0 N–H and O–H groups in total. The zero-order valence-corrected chi connectivity index (χ0v) is 11.1. The van der Waals surface area contributed by atoms with Gasteiger partial charge in [0.25, 0.3) is 0 Å². The van der Waals surface area contributed by atoms with Crippen LogP contribution in [0.25, 0.3) is 0 Å². The van der Waals surface area contributed by atoms with Crippen LogP contribution in [0.4, 0.5) is 0 Å². The zero-order valence-electron chi connectivity index (χ0n) is 9.48. The van der Waals surface area contributed by atoms with E-state index in [4.69, 9.17) is 11.6 Å². The largest absolute Gasteiger partial charge is 0.144 e. The molecule has 0 aliphatic rings. The summed E-state index contributed by atoms with van der Waals surface area (Å²) in [7, 11) is 0. The highest BCUT2D eigenvalue weighted by molar-refractivity contribution is 7.12. The summed E-state index contributed by atoms with van der Waals surface area (Å²) in [6.07, 6.45) is 0. The van der Waals surface area contributed by atoms with Gasteiger partial charge in [0.15, 0.2) is 0 Å². The predicted octanol–water partition coefficient (Wildman–Crippen LogP) is 5.14. The zero-order chi connectivity index (χ0) is 11.5. The molecule has 0 aliphatic carbocycles. The second-order valence-corrected chi connectivity index (χ2v) is 5.84. The van der Waals surface area contributed by atoms with E-state index in [1.54, 1.807) is 11.3 Å². The van der Waals surface area contributed by atoms with Gasteiger partial charge in [-0.1, -0.05) is 37.3 Å². The van der Waals surface area contributed by atoms with E-state index >= 15 is 0 Å². The van der Waals surface area contributed by atoms with E-state index in [0.29, 0.717) is 5.92 Å². The molecule has 0 bridgehead atoms. The standard InChI is InChI=1S/C14H15ClS/c1-10-8-9-13(16-10)14(15)11(2)12-6-4-3-5-7-12/h3-9,11,14H,1-2H3. The summed E-state index contributed by atoms with van der Waals surface area (Å²) < 4.78 is 0. The fourth-order valence-corrected chi connectivity index (χ4v) is 3.09. The van der Waals surface area contributed by atoms with Crippen LogP contribution in [0.5, 0.6) is 0 Å². The van der Waals surface area contributed by atoms with Crippen molar-refractivity contribution in [2.24, 2.45) is 0 Å². The molecule has 0 nitrogen and oxygen atoms in total. The maximum absolute atomic E-state index is 6.51. The molecule has 0 radical (unpaired) electrons. The van der Waals surface area contributed by atoms with E-state index in [9.17, 15) is 0 Å². The van der Waals surface area contributed by atoms with Gasteiger partial charge in [-0.05, 0) is 24.6 Å². The summed E-state index contributed by atoms with van der Waals surface area (Å²) in [6.45, 7) is 4.30. The van der Waals surface area contributed by atoms with Crippen molar-refractivity contribution in [1.82, 2.24) is 0 Å². The van der Waals surface area contributed by atoms with Crippen molar-refractivity contribution in [3.05, 3.63) is 57.8 Å². The van der Waals surface area contributed by atoms with Crippen molar-refractivity contribution in [1.29, 1.82) is 0 Å².